The number of rotatable bonds is 9. The third-order valence-corrected chi connectivity index (χ3v) is 3.33. The van der Waals surface area contributed by atoms with Crippen molar-refractivity contribution in [2.24, 2.45) is 0 Å². The van der Waals surface area contributed by atoms with E-state index in [1.807, 2.05) is 0 Å². The van der Waals surface area contributed by atoms with Gasteiger partial charge in [0, 0.05) is 19.1 Å². The predicted octanol–water partition coefficient (Wildman–Crippen LogP) is 3.29. The van der Waals surface area contributed by atoms with Crippen LogP contribution in [0.3, 0.4) is 0 Å². The third kappa shape index (κ3) is 5.65. The minimum Gasteiger partial charge on any atom is -0.315 e. The molecular weight excluding hydrogens is 220 g/mol. The Morgan fingerprint density at radius 3 is 2.44 bits per heavy atom. The second kappa shape index (κ2) is 9.12. The summed E-state index contributed by atoms with van der Waals surface area (Å²) in [5, 5.41) is 3.54. The molecule has 18 heavy (non-hydrogen) atoms. The Kier molecular flexibility index (Phi) is 7.70. The van der Waals surface area contributed by atoms with Gasteiger partial charge in [-0.15, -0.1) is 0 Å². The largest absolute Gasteiger partial charge is 0.315 e. The van der Waals surface area contributed by atoms with Gasteiger partial charge in [0.2, 0.25) is 0 Å². The number of hydrogen-bond acceptors (Lipinski definition) is 2. The first-order valence-electron chi connectivity index (χ1n) is 7.22. The Labute approximate surface area is 112 Å². The fourth-order valence-corrected chi connectivity index (χ4v) is 2.26. The predicted molar refractivity (Wildman–Crippen MR) is 79.8 cm³/mol. The standard InChI is InChI=1S/C16H28N2/c1-4-9-16(13-17-12-5-2)18(3)14-15-10-7-6-8-11-15/h6-8,10-11,16-17H,4-5,9,12-14H2,1-3H3. The molecule has 2 heteroatoms. The molecule has 102 valence electrons. The maximum atomic E-state index is 3.54. The van der Waals surface area contributed by atoms with Crippen molar-refractivity contribution in [1.82, 2.24) is 10.2 Å². The van der Waals surface area contributed by atoms with Crippen LogP contribution in [0, 0.1) is 0 Å². The second-order valence-electron chi connectivity index (χ2n) is 5.05. The van der Waals surface area contributed by atoms with Crippen LogP contribution in [0.5, 0.6) is 0 Å². The van der Waals surface area contributed by atoms with Gasteiger partial charge < -0.3 is 5.32 Å². The number of nitrogens with zero attached hydrogens (tertiary/aromatic N) is 1. The van der Waals surface area contributed by atoms with Crippen molar-refractivity contribution in [3.05, 3.63) is 35.9 Å². The molecule has 0 saturated heterocycles. The van der Waals surface area contributed by atoms with E-state index in [0.717, 1.165) is 19.6 Å². The molecular formula is C16H28N2. The molecule has 0 heterocycles. The SMILES string of the molecule is CCCNCC(CCC)N(C)Cc1ccccc1. The maximum Gasteiger partial charge on any atom is 0.0234 e. The van der Waals surface area contributed by atoms with Gasteiger partial charge in [0.15, 0.2) is 0 Å². The highest BCUT2D eigenvalue weighted by Gasteiger charge is 2.13. The molecule has 0 radical (unpaired) electrons. The monoisotopic (exact) mass is 248 g/mol. The molecule has 1 rings (SSSR count). The molecule has 0 aliphatic heterocycles. The van der Waals surface area contributed by atoms with Gasteiger partial charge in [-0.2, -0.15) is 0 Å². The minimum atomic E-state index is 0.641. The van der Waals surface area contributed by atoms with Crippen molar-refractivity contribution in [2.45, 2.75) is 45.7 Å². The lowest BCUT2D eigenvalue weighted by molar-refractivity contribution is 0.215. The summed E-state index contributed by atoms with van der Waals surface area (Å²) in [5.41, 5.74) is 1.40. The first-order valence-corrected chi connectivity index (χ1v) is 7.22. The zero-order chi connectivity index (χ0) is 13.2. The van der Waals surface area contributed by atoms with Crippen LogP contribution in [-0.4, -0.2) is 31.1 Å². The zero-order valence-corrected chi connectivity index (χ0v) is 12.2. The van der Waals surface area contributed by atoms with Crippen LogP contribution in [0.4, 0.5) is 0 Å². The van der Waals surface area contributed by atoms with Crippen molar-refractivity contribution in [1.29, 1.82) is 0 Å². The Bertz CT molecular complexity index is 297. The lowest BCUT2D eigenvalue weighted by atomic mass is 10.1. The van der Waals surface area contributed by atoms with Crippen molar-refractivity contribution in [3.63, 3.8) is 0 Å². The molecule has 1 aromatic rings. The van der Waals surface area contributed by atoms with E-state index < -0.39 is 0 Å². The van der Waals surface area contributed by atoms with E-state index in [1.54, 1.807) is 0 Å². The van der Waals surface area contributed by atoms with Gasteiger partial charge in [0.25, 0.3) is 0 Å². The first-order chi connectivity index (χ1) is 8.77. The molecule has 0 aliphatic rings. The quantitative estimate of drug-likeness (QED) is 0.675. The van der Waals surface area contributed by atoms with Crippen molar-refractivity contribution >= 4 is 0 Å². The molecule has 0 amide bonds. The van der Waals surface area contributed by atoms with Crippen LogP contribution in [0.15, 0.2) is 30.3 Å². The van der Waals surface area contributed by atoms with Crippen molar-refractivity contribution < 1.29 is 0 Å². The number of nitrogens with one attached hydrogen (secondary N) is 1. The van der Waals surface area contributed by atoms with Gasteiger partial charge in [0.05, 0.1) is 0 Å². The minimum absolute atomic E-state index is 0.641. The summed E-state index contributed by atoms with van der Waals surface area (Å²) in [6.07, 6.45) is 3.72. The van der Waals surface area contributed by atoms with Crippen molar-refractivity contribution in [2.75, 3.05) is 20.1 Å². The molecule has 0 spiro atoms. The summed E-state index contributed by atoms with van der Waals surface area (Å²) in [4.78, 5) is 2.47. The lowest BCUT2D eigenvalue weighted by Gasteiger charge is -2.28. The number of benzene rings is 1. The molecule has 2 nitrogen and oxygen atoms in total. The summed E-state index contributed by atoms with van der Waals surface area (Å²) >= 11 is 0. The number of hydrogen-bond donors (Lipinski definition) is 1. The summed E-state index contributed by atoms with van der Waals surface area (Å²) in [5.74, 6) is 0. The normalized spacial score (nSPS) is 12.9. The zero-order valence-electron chi connectivity index (χ0n) is 12.2. The Hall–Kier alpha value is -0.860. The van der Waals surface area contributed by atoms with E-state index >= 15 is 0 Å². The second-order valence-corrected chi connectivity index (χ2v) is 5.05. The number of likely N-dealkylation sites (N-methyl/N-ethyl adjacent to an activating group) is 1. The summed E-state index contributed by atoms with van der Waals surface area (Å²) < 4.78 is 0. The smallest absolute Gasteiger partial charge is 0.0234 e. The molecule has 1 N–H and O–H groups in total. The van der Waals surface area contributed by atoms with Gasteiger partial charge in [0.1, 0.15) is 0 Å². The third-order valence-electron chi connectivity index (χ3n) is 3.33. The van der Waals surface area contributed by atoms with E-state index in [9.17, 15) is 0 Å². The Morgan fingerprint density at radius 2 is 1.83 bits per heavy atom. The van der Waals surface area contributed by atoms with Gasteiger partial charge in [-0.05, 0) is 32.0 Å². The van der Waals surface area contributed by atoms with Crippen LogP contribution < -0.4 is 5.32 Å². The van der Waals surface area contributed by atoms with Crippen LogP contribution in [0.2, 0.25) is 0 Å². The van der Waals surface area contributed by atoms with Crippen molar-refractivity contribution in [3.8, 4) is 0 Å². The Morgan fingerprint density at radius 1 is 1.11 bits per heavy atom. The van der Waals surface area contributed by atoms with Gasteiger partial charge in [-0.3, -0.25) is 4.90 Å². The van der Waals surface area contributed by atoms with Gasteiger partial charge in [-0.1, -0.05) is 50.6 Å². The fraction of sp³-hybridized carbons (Fsp3) is 0.625. The van der Waals surface area contributed by atoms with E-state index in [-0.39, 0.29) is 0 Å². The molecule has 1 aromatic carbocycles. The Balaban J connectivity index is 2.45. The highest BCUT2D eigenvalue weighted by Crippen LogP contribution is 2.09. The van der Waals surface area contributed by atoms with E-state index in [4.69, 9.17) is 0 Å². The molecule has 0 aliphatic carbocycles. The molecule has 1 atom stereocenters. The first kappa shape index (κ1) is 15.2. The highest BCUT2D eigenvalue weighted by atomic mass is 15.1. The maximum absolute atomic E-state index is 3.54. The molecule has 0 saturated carbocycles. The average Bonchev–Trinajstić information content (AvgIpc) is 2.39. The average molecular weight is 248 g/mol. The fourth-order valence-electron chi connectivity index (χ4n) is 2.26. The van der Waals surface area contributed by atoms with Gasteiger partial charge >= 0.3 is 0 Å². The van der Waals surface area contributed by atoms with E-state index in [1.165, 1.54) is 24.8 Å². The summed E-state index contributed by atoms with van der Waals surface area (Å²) in [6.45, 7) is 7.75. The van der Waals surface area contributed by atoms with Crippen LogP contribution >= 0.6 is 0 Å². The highest BCUT2D eigenvalue weighted by molar-refractivity contribution is 5.14. The van der Waals surface area contributed by atoms with Gasteiger partial charge in [-0.25, -0.2) is 0 Å². The lowest BCUT2D eigenvalue weighted by Crippen LogP contribution is -2.39. The van der Waals surface area contributed by atoms with E-state index in [2.05, 4.69) is 61.4 Å². The summed E-state index contributed by atoms with van der Waals surface area (Å²) in [7, 11) is 2.24. The van der Waals surface area contributed by atoms with Crippen LogP contribution in [0.25, 0.3) is 0 Å². The summed E-state index contributed by atoms with van der Waals surface area (Å²) in [6, 6.07) is 11.4. The molecule has 0 bridgehead atoms. The van der Waals surface area contributed by atoms with Crippen LogP contribution in [0.1, 0.15) is 38.7 Å². The topological polar surface area (TPSA) is 15.3 Å². The molecule has 0 aromatic heterocycles. The molecule has 0 fully saturated rings. The van der Waals surface area contributed by atoms with E-state index in [0.29, 0.717) is 6.04 Å². The van der Waals surface area contributed by atoms with Crippen LogP contribution in [-0.2, 0) is 6.54 Å². The molecule has 1 unspecified atom stereocenters.